The molecule has 1 aromatic heterocycles. The highest BCUT2D eigenvalue weighted by Crippen LogP contribution is 2.23. The van der Waals surface area contributed by atoms with Gasteiger partial charge in [-0.15, -0.1) is 0 Å². The first-order chi connectivity index (χ1) is 9.61. The van der Waals surface area contributed by atoms with Gasteiger partial charge in [-0.3, -0.25) is 4.68 Å². The number of hydrogen-bond acceptors (Lipinski definition) is 2. The largest absolute Gasteiger partial charge is 0.310 e. The summed E-state index contributed by atoms with van der Waals surface area (Å²) in [5, 5.41) is 7.85. The molecule has 2 aromatic rings. The number of nitrogens with one attached hydrogen (secondary N) is 1. The second-order valence-electron chi connectivity index (χ2n) is 5.46. The van der Waals surface area contributed by atoms with Crippen molar-refractivity contribution < 1.29 is 0 Å². The maximum atomic E-state index is 4.24. The lowest BCUT2D eigenvalue weighted by Gasteiger charge is -2.21. The summed E-state index contributed by atoms with van der Waals surface area (Å²) in [4.78, 5) is 0. The van der Waals surface area contributed by atoms with Crippen molar-refractivity contribution in [1.29, 1.82) is 0 Å². The smallest absolute Gasteiger partial charge is 0.0492 e. The third kappa shape index (κ3) is 3.48. The van der Waals surface area contributed by atoms with Gasteiger partial charge in [-0.05, 0) is 50.4 Å². The lowest BCUT2D eigenvalue weighted by molar-refractivity contribution is 0.504. The van der Waals surface area contributed by atoms with Gasteiger partial charge in [-0.1, -0.05) is 30.7 Å². The van der Waals surface area contributed by atoms with Crippen molar-refractivity contribution in [3.8, 4) is 0 Å². The van der Waals surface area contributed by atoms with Crippen LogP contribution in [-0.2, 0) is 13.5 Å². The van der Waals surface area contributed by atoms with Crippen LogP contribution in [0.15, 0.2) is 30.5 Å². The van der Waals surface area contributed by atoms with Crippen LogP contribution in [0, 0.1) is 13.8 Å². The van der Waals surface area contributed by atoms with Gasteiger partial charge in [0.2, 0.25) is 0 Å². The van der Waals surface area contributed by atoms with E-state index >= 15 is 0 Å². The minimum Gasteiger partial charge on any atom is -0.310 e. The number of benzene rings is 1. The second kappa shape index (κ2) is 6.71. The molecule has 0 aliphatic carbocycles. The molecule has 1 aromatic carbocycles. The highest BCUT2D eigenvalue weighted by Gasteiger charge is 2.13. The molecule has 1 N–H and O–H groups in total. The molecule has 0 aliphatic heterocycles. The summed E-state index contributed by atoms with van der Waals surface area (Å²) in [6, 6.07) is 9.25. The van der Waals surface area contributed by atoms with Crippen LogP contribution >= 0.6 is 0 Å². The van der Waals surface area contributed by atoms with Crippen molar-refractivity contribution >= 4 is 0 Å². The van der Waals surface area contributed by atoms with Crippen LogP contribution in [-0.4, -0.2) is 16.3 Å². The molecule has 0 saturated heterocycles. The first kappa shape index (κ1) is 14.8. The Kier molecular flexibility index (Phi) is 4.96. The van der Waals surface area contributed by atoms with Gasteiger partial charge in [0, 0.05) is 25.0 Å². The van der Waals surface area contributed by atoms with Crippen LogP contribution < -0.4 is 5.32 Å². The van der Waals surface area contributed by atoms with Crippen molar-refractivity contribution in [2.75, 3.05) is 6.54 Å². The van der Waals surface area contributed by atoms with Crippen molar-refractivity contribution in [3.63, 3.8) is 0 Å². The van der Waals surface area contributed by atoms with Gasteiger partial charge >= 0.3 is 0 Å². The Morgan fingerprint density at radius 2 is 2.05 bits per heavy atom. The van der Waals surface area contributed by atoms with E-state index in [1.165, 1.54) is 22.4 Å². The Morgan fingerprint density at radius 1 is 1.25 bits per heavy atom. The Hall–Kier alpha value is -1.61. The molecule has 0 fully saturated rings. The fraction of sp³-hybridized carbons (Fsp3) is 0.471. The molecule has 0 radical (unpaired) electrons. The molecular formula is C17H25N3. The minimum atomic E-state index is 0.412. The molecule has 108 valence electrons. The highest BCUT2D eigenvalue weighted by molar-refractivity contribution is 5.33. The summed E-state index contributed by atoms with van der Waals surface area (Å²) >= 11 is 0. The summed E-state index contributed by atoms with van der Waals surface area (Å²) in [6.07, 6.45) is 4.01. The molecule has 3 nitrogen and oxygen atoms in total. The maximum Gasteiger partial charge on any atom is 0.0492 e. The van der Waals surface area contributed by atoms with Crippen LogP contribution in [0.25, 0.3) is 0 Å². The van der Waals surface area contributed by atoms with Crippen molar-refractivity contribution in [3.05, 3.63) is 52.8 Å². The van der Waals surface area contributed by atoms with E-state index in [1.54, 1.807) is 0 Å². The number of hydrogen-bond donors (Lipinski definition) is 1. The average molecular weight is 271 g/mol. The van der Waals surface area contributed by atoms with Gasteiger partial charge in [0.1, 0.15) is 0 Å². The predicted octanol–water partition coefficient (Wildman–Crippen LogP) is 3.32. The molecule has 0 amide bonds. The summed E-state index contributed by atoms with van der Waals surface area (Å²) in [6.45, 7) is 7.51. The molecule has 0 bridgehead atoms. The fourth-order valence-corrected chi connectivity index (χ4v) is 2.77. The average Bonchev–Trinajstić information content (AvgIpc) is 2.81. The topological polar surface area (TPSA) is 29.9 Å². The minimum absolute atomic E-state index is 0.412. The summed E-state index contributed by atoms with van der Waals surface area (Å²) in [5.74, 6) is 0. The van der Waals surface area contributed by atoms with Crippen LogP contribution in [0.4, 0.5) is 0 Å². The first-order valence-corrected chi connectivity index (χ1v) is 7.39. The lowest BCUT2D eigenvalue weighted by Crippen LogP contribution is -2.22. The zero-order chi connectivity index (χ0) is 14.5. The zero-order valence-corrected chi connectivity index (χ0v) is 13.0. The molecule has 0 saturated carbocycles. The fourth-order valence-electron chi connectivity index (χ4n) is 2.77. The monoisotopic (exact) mass is 271 g/mol. The number of aryl methyl sites for hydroxylation is 4. The van der Waals surface area contributed by atoms with Gasteiger partial charge < -0.3 is 5.32 Å². The van der Waals surface area contributed by atoms with E-state index in [2.05, 4.69) is 55.5 Å². The van der Waals surface area contributed by atoms with E-state index in [1.807, 2.05) is 17.9 Å². The van der Waals surface area contributed by atoms with E-state index in [-0.39, 0.29) is 0 Å². The summed E-state index contributed by atoms with van der Waals surface area (Å²) in [7, 11) is 2.01. The van der Waals surface area contributed by atoms with E-state index in [0.717, 1.165) is 19.4 Å². The molecule has 0 aliphatic rings. The van der Waals surface area contributed by atoms with Crippen LogP contribution in [0.5, 0.6) is 0 Å². The van der Waals surface area contributed by atoms with Gasteiger partial charge in [0.05, 0.1) is 0 Å². The van der Waals surface area contributed by atoms with Gasteiger partial charge in [-0.2, -0.15) is 5.10 Å². The molecular weight excluding hydrogens is 246 g/mol. The van der Waals surface area contributed by atoms with Crippen LogP contribution in [0.2, 0.25) is 0 Å². The molecule has 20 heavy (non-hydrogen) atoms. The molecule has 1 atom stereocenters. The molecule has 0 spiro atoms. The first-order valence-electron chi connectivity index (χ1n) is 7.39. The number of nitrogens with zero attached hydrogens (tertiary/aromatic N) is 2. The Labute approximate surface area is 122 Å². The van der Waals surface area contributed by atoms with Crippen molar-refractivity contribution in [2.24, 2.45) is 7.05 Å². The second-order valence-corrected chi connectivity index (χ2v) is 5.46. The lowest BCUT2D eigenvalue weighted by atomic mass is 9.95. The van der Waals surface area contributed by atoms with E-state index in [4.69, 9.17) is 0 Å². The van der Waals surface area contributed by atoms with Gasteiger partial charge in [0.25, 0.3) is 0 Å². The van der Waals surface area contributed by atoms with Crippen LogP contribution in [0.3, 0.4) is 0 Å². The molecule has 2 rings (SSSR count). The summed E-state index contributed by atoms with van der Waals surface area (Å²) < 4.78 is 1.96. The Morgan fingerprint density at radius 3 is 2.65 bits per heavy atom. The molecule has 3 heteroatoms. The van der Waals surface area contributed by atoms with E-state index in [0.29, 0.717) is 6.04 Å². The van der Waals surface area contributed by atoms with Gasteiger partial charge in [0.15, 0.2) is 0 Å². The van der Waals surface area contributed by atoms with Gasteiger partial charge in [-0.25, -0.2) is 0 Å². The number of rotatable bonds is 6. The molecule has 1 heterocycles. The zero-order valence-electron chi connectivity index (χ0n) is 13.0. The maximum absolute atomic E-state index is 4.24. The van der Waals surface area contributed by atoms with Crippen LogP contribution in [0.1, 0.15) is 41.8 Å². The quantitative estimate of drug-likeness (QED) is 0.873. The third-order valence-electron chi connectivity index (χ3n) is 3.86. The molecule has 1 unspecified atom stereocenters. The standard InChI is InChI=1S/C17H25N3/c1-5-18-17(9-7-15-10-11-19-20(15)4)16-8-6-13(2)12-14(16)3/h6,8,10-12,17-18H,5,7,9H2,1-4H3. The highest BCUT2D eigenvalue weighted by atomic mass is 15.2. The van der Waals surface area contributed by atoms with Crippen molar-refractivity contribution in [1.82, 2.24) is 15.1 Å². The van der Waals surface area contributed by atoms with Crippen molar-refractivity contribution in [2.45, 2.75) is 39.7 Å². The predicted molar refractivity (Wildman–Crippen MR) is 83.9 cm³/mol. The Bertz CT molecular complexity index is 557. The summed E-state index contributed by atoms with van der Waals surface area (Å²) in [5.41, 5.74) is 5.41. The van der Waals surface area contributed by atoms with E-state index < -0.39 is 0 Å². The Balaban J connectivity index is 2.12. The normalized spacial score (nSPS) is 12.6. The third-order valence-corrected chi connectivity index (χ3v) is 3.86. The number of aromatic nitrogens is 2. The SMILES string of the molecule is CCNC(CCc1ccnn1C)c1ccc(C)cc1C. The van der Waals surface area contributed by atoms with E-state index in [9.17, 15) is 0 Å².